The predicted octanol–water partition coefficient (Wildman–Crippen LogP) is 1.44. The van der Waals surface area contributed by atoms with Crippen molar-refractivity contribution in [1.29, 1.82) is 0 Å². The molecular weight excluding hydrogens is 260 g/mol. The lowest BCUT2D eigenvalue weighted by molar-refractivity contribution is -0.225. The van der Waals surface area contributed by atoms with Crippen molar-refractivity contribution in [2.75, 3.05) is 6.61 Å². The minimum Gasteiger partial charge on any atom is -0.374 e. The highest BCUT2D eigenvalue weighted by Gasteiger charge is 2.54. The van der Waals surface area contributed by atoms with Gasteiger partial charge in [0.25, 0.3) is 0 Å². The molecule has 0 saturated carbocycles. The maximum Gasteiger partial charge on any atom is 0.184 e. The average Bonchev–Trinajstić information content (AvgIpc) is 2.87. The van der Waals surface area contributed by atoms with Gasteiger partial charge in [-0.25, -0.2) is 0 Å². The Morgan fingerprint density at radius 3 is 2.60 bits per heavy atom. The number of hydrogen-bond acceptors (Lipinski definition) is 5. The summed E-state index contributed by atoms with van der Waals surface area (Å²) in [6, 6.07) is 9.93. The summed E-state index contributed by atoms with van der Waals surface area (Å²) in [6.45, 7) is 4.55. The van der Waals surface area contributed by atoms with Crippen LogP contribution in [0.2, 0.25) is 0 Å². The van der Waals surface area contributed by atoms with Crippen LogP contribution in [0, 0.1) is 0 Å². The van der Waals surface area contributed by atoms with Crippen molar-refractivity contribution in [2.45, 2.75) is 50.8 Å². The molecule has 1 aromatic rings. The van der Waals surface area contributed by atoms with Gasteiger partial charge in [0.15, 0.2) is 12.1 Å². The van der Waals surface area contributed by atoms with Crippen molar-refractivity contribution < 1.29 is 24.1 Å². The Kier molecular flexibility index (Phi) is 3.79. The molecule has 5 heteroatoms. The molecule has 5 nitrogen and oxygen atoms in total. The SMILES string of the molecule is CC1(C)OC2C(O1)[C@@H](COCc1ccccc1)O[C@H]2O. The summed E-state index contributed by atoms with van der Waals surface area (Å²) in [5.41, 5.74) is 1.10. The monoisotopic (exact) mass is 280 g/mol. The van der Waals surface area contributed by atoms with Crippen LogP contribution in [0.4, 0.5) is 0 Å². The lowest BCUT2D eigenvalue weighted by atomic mass is 10.1. The Hall–Kier alpha value is -0.980. The third-order valence-electron chi connectivity index (χ3n) is 3.52. The number of benzene rings is 1. The van der Waals surface area contributed by atoms with E-state index in [0.29, 0.717) is 13.2 Å². The van der Waals surface area contributed by atoms with Crippen LogP contribution in [-0.4, -0.2) is 42.1 Å². The van der Waals surface area contributed by atoms with Crippen molar-refractivity contribution >= 4 is 0 Å². The van der Waals surface area contributed by atoms with Gasteiger partial charge in [0, 0.05) is 0 Å². The van der Waals surface area contributed by atoms with Gasteiger partial charge in [-0.05, 0) is 19.4 Å². The van der Waals surface area contributed by atoms with Gasteiger partial charge in [-0.3, -0.25) is 0 Å². The molecule has 4 atom stereocenters. The summed E-state index contributed by atoms with van der Waals surface area (Å²) in [6.07, 6.45) is -1.97. The van der Waals surface area contributed by atoms with Gasteiger partial charge in [-0.2, -0.15) is 0 Å². The normalized spacial score (nSPS) is 35.1. The van der Waals surface area contributed by atoms with E-state index in [-0.39, 0.29) is 12.2 Å². The smallest absolute Gasteiger partial charge is 0.184 e. The fraction of sp³-hybridized carbons (Fsp3) is 0.600. The molecule has 2 heterocycles. The van der Waals surface area contributed by atoms with Crippen LogP contribution in [0.5, 0.6) is 0 Å². The molecule has 0 bridgehead atoms. The molecule has 2 unspecified atom stereocenters. The highest BCUT2D eigenvalue weighted by molar-refractivity contribution is 5.13. The molecule has 0 spiro atoms. The predicted molar refractivity (Wildman–Crippen MR) is 70.8 cm³/mol. The van der Waals surface area contributed by atoms with Gasteiger partial charge in [-0.15, -0.1) is 0 Å². The minimum atomic E-state index is -0.952. The second-order valence-corrected chi connectivity index (χ2v) is 5.63. The Morgan fingerprint density at radius 2 is 1.85 bits per heavy atom. The zero-order valence-electron chi connectivity index (χ0n) is 11.7. The fourth-order valence-electron chi connectivity index (χ4n) is 2.66. The van der Waals surface area contributed by atoms with Crippen molar-refractivity contribution in [2.24, 2.45) is 0 Å². The second kappa shape index (κ2) is 5.42. The maximum absolute atomic E-state index is 9.84. The summed E-state index contributed by atoms with van der Waals surface area (Å²) < 4.78 is 22.5. The Labute approximate surface area is 118 Å². The van der Waals surface area contributed by atoms with Gasteiger partial charge >= 0.3 is 0 Å². The summed E-state index contributed by atoms with van der Waals surface area (Å²) in [7, 11) is 0. The van der Waals surface area contributed by atoms with Gasteiger partial charge in [0.1, 0.15) is 18.3 Å². The first-order chi connectivity index (χ1) is 9.55. The van der Waals surface area contributed by atoms with Crippen LogP contribution < -0.4 is 0 Å². The van der Waals surface area contributed by atoms with Crippen molar-refractivity contribution in [3.8, 4) is 0 Å². The largest absolute Gasteiger partial charge is 0.374 e. The van der Waals surface area contributed by atoms with E-state index in [0.717, 1.165) is 5.56 Å². The topological polar surface area (TPSA) is 57.2 Å². The first kappa shape index (κ1) is 14.0. The van der Waals surface area contributed by atoms with Crippen molar-refractivity contribution in [3.05, 3.63) is 35.9 Å². The lowest BCUT2D eigenvalue weighted by Gasteiger charge is -2.22. The Balaban J connectivity index is 1.53. The number of hydrogen-bond donors (Lipinski definition) is 1. The molecule has 3 rings (SSSR count). The van der Waals surface area contributed by atoms with E-state index in [9.17, 15) is 5.11 Å². The molecule has 2 fully saturated rings. The first-order valence-corrected chi connectivity index (χ1v) is 6.86. The van der Waals surface area contributed by atoms with E-state index in [1.165, 1.54) is 0 Å². The zero-order chi connectivity index (χ0) is 14.2. The van der Waals surface area contributed by atoms with Crippen LogP contribution in [0.15, 0.2) is 30.3 Å². The lowest BCUT2D eigenvalue weighted by Crippen LogP contribution is -2.32. The molecule has 0 aromatic heterocycles. The van der Waals surface area contributed by atoms with Gasteiger partial charge in [0.05, 0.1) is 13.2 Å². The summed E-state index contributed by atoms with van der Waals surface area (Å²) in [5, 5.41) is 9.84. The molecule has 2 aliphatic heterocycles. The third kappa shape index (κ3) is 2.87. The number of aliphatic hydroxyl groups is 1. The highest BCUT2D eigenvalue weighted by Crippen LogP contribution is 2.37. The van der Waals surface area contributed by atoms with E-state index >= 15 is 0 Å². The van der Waals surface area contributed by atoms with Gasteiger partial charge < -0.3 is 24.1 Å². The van der Waals surface area contributed by atoms with Crippen LogP contribution in [-0.2, 0) is 25.6 Å². The fourth-order valence-corrected chi connectivity index (χ4v) is 2.66. The number of aliphatic hydroxyl groups excluding tert-OH is 1. The third-order valence-corrected chi connectivity index (χ3v) is 3.52. The summed E-state index contributed by atoms with van der Waals surface area (Å²) in [4.78, 5) is 0. The number of fused-ring (bicyclic) bond motifs is 1. The molecule has 1 aromatic carbocycles. The molecule has 0 amide bonds. The Bertz CT molecular complexity index is 447. The molecule has 0 radical (unpaired) electrons. The van der Waals surface area contributed by atoms with E-state index in [4.69, 9.17) is 18.9 Å². The quantitative estimate of drug-likeness (QED) is 0.904. The molecule has 2 saturated heterocycles. The minimum absolute atomic E-state index is 0.282. The van der Waals surface area contributed by atoms with Crippen LogP contribution in [0.1, 0.15) is 19.4 Å². The molecule has 0 aliphatic carbocycles. The standard InChI is InChI=1S/C15H20O5/c1-15(2)19-12-11(18-14(16)13(12)20-15)9-17-8-10-6-4-3-5-7-10/h3-7,11-14,16H,8-9H2,1-2H3/t11-,12?,13?,14-/m1/s1. The molecule has 20 heavy (non-hydrogen) atoms. The Morgan fingerprint density at radius 1 is 1.15 bits per heavy atom. The molecular formula is C15H20O5. The van der Waals surface area contributed by atoms with Crippen LogP contribution >= 0.6 is 0 Å². The maximum atomic E-state index is 9.84. The summed E-state index contributed by atoms with van der Waals surface area (Å²) in [5.74, 6) is -0.683. The molecule has 1 N–H and O–H groups in total. The summed E-state index contributed by atoms with van der Waals surface area (Å²) >= 11 is 0. The van der Waals surface area contributed by atoms with E-state index in [2.05, 4.69) is 0 Å². The van der Waals surface area contributed by atoms with Crippen molar-refractivity contribution in [3.63, 3.8) is 0 Å². The molecule has 110 valence electrons. The van der Waals surface area contributed by atoms with Crippen LogP contribution in [0.3, 0.4) is 0 Å². The zero-order valence-corrected chi connectivity index (χ0v) is 11.7. The number of rotatable bonds is 4. The van der Waals surface area contributed by atoms with Gasteiger partial charge in [0.2, 0.25) is 0 Å². The van der Waals surface area contributed by atoms with Gasteiger partial charge in [-0.1, -0.05) is 30.3 Å². The average molecular weight is 280 g/mol. The van der Waals surface area contributed by atoms with E-state index in [1.807, 2.05) is 44.2 Å². The van der Waals surface area contributed by atoms with E-state index in [1.54, 1.807) is 0 Å². The first-order valence-electron chi connectivity index (χ1n) is 6.86. The van der Waals surface area contributed by atoms with Crippen molar-refractivity contribution in [1.82, 2.24) is 0 Å². The molecule has 2 aliphatic rings. The van der Waals surface area contributed by atoms with Crippen LogP contribution in [0.25, 0.3) is 0 Å². The second-order valence-electron chi connectivity index (χ2n) is 5.63. The number of ether oxygens (including phenoxy) is 4. The highest BCUT2D eigenvalue weighted by atomic mass is 16.8. The van der Waals surface area contributed by atoms with E-state index < -0.39 is 18.2 Å².